The van der Waals surface area contributed by atoms with Crippen LogP contribution in [0.25, 0.3) is 22.1 Å². The van der Waals surface area contributed by atoms with Crippen LogP contribution in [0.3, 0.4) is 0 Å². The number of hydrogen-bond acceptors (Lipinski definition) is 6. The molecule has 0 radical (unpaired) electrons. The van der Waals surface area contributed by atoms with E-state index in [1.165, 1.54) is 11.8 Å². The third-order valence-corrected chi connectivity index (χ3v) is 4.75. The van der Waals surface area contributed by atoms with Crippen molar-refractivity contribution in [2.75, 3.05) is 6.61 Å². The van der Waals surface area contributed by atoms with Crippen molar-refractivity contribution in [1.29, 1.82) is 0 Å². The van der Waals surface area contributed by atoms with E-state index in [0.717, 1.165) is 10.9 Å². The molecule has 8 heteroatoms. The van der Waals surface area contributed by atoms with Crippen molar-refractivity contribution in [2.24, 2.45) is 0 Å². The van der Waals surface area contributed by atoms with Gasteiger partial charge < -0.3 is 9.72 Å². The van der Waals surface area contributed by atoms with Crippen LogP contribution in [0.15, 0.2) is 23.4 Å². The van der Waals surface area contributed by atoms with E-state index < -0.39 is 0 Å². The second-order valence-corrected chi connectivity index (χ2v) is 6.48. The number of nitrogens with one attached hydrogen (secondary N) is 1. The number of nitrogens with zero attached hydrogens (tertiary/aromatic N) is 3. The zero-order chi connectivity index (χ0) is 16.4. The highest BCUT2D eigenvalue weighted by molar-refractivity contribution is 8.00. The third kappa shape index (κ3) is 3.25. The summed E-state index contributed by atoms with van der Waals surface area (Å²) in [5.41, 5.74) is 2.18. The number of benzene rings is 1. The molecule has 1 N–H and O–H groups in total. The van der Waals surface area contributed by atoms with Crippen LogP contribution in [-0.4, -0.2) is 38.0 Å². The monoisotopic (exact) mass is 350 g/mol. The van der Waals surface area contributed by atoms with Crippen LogP contribution in [-0.2, 0) is 9.53 Å². The number of hydrogen-bond donors (Lipinski definition) is 1. The highest BCUT2D eigenvalue weighted by atomic mass is 35.5. The molecule has 0 saturated heterocycles. The molecule has 3 rings (SSSR count). The van der Waals surface area contributed by atoms with Crippen molar-refractivity contribution in [2.45, 2.75) is 30.7 Å². The van der Waals surface area contributed by atoms with Gasteiger partial charge in [-0.25, -0.2) is 4.98 Å². The van der Waals surface area contributed by atoms with Crippen molar-refractivity contribution >= 4 is 51.4 Å². The van der Waals surface area contributed by atoms with Crippen molar-refractivity contribution in [3.05, 3.63) is 23.2 Å². The van der Waals surface area contributed by atoms with Crippen molar-refractivity contribution < 1.29 is 9.53 Å². The Morgan fingerprint density at radius 3 is 2.96 bits per heavy atom. The Morgan fingerprint density at radius 2 is 2.22 bits per heavy atom. The molecule has 0 bridgehead atoms. The summed E-state index contributed by atoms with van der Waals surface area (Å²) in [5.74, 6) is -0.257. The smallest absolute Gasteiger partial charge is 0.319 e. The Labute approximate surface area is 142 Å². The summed E-state index contributed by atoms with van der Waals surface area (Å²) in [7, 11) is 0. The molecule has 0 spiro atoms. The first-order chi connectivity index (χ1) is 11.1. The van der Waals surface area contributed by atoms with Crippen LogP contribution in [0.1, 0.15) is 20.3 Å². The largest absolute Gasteiger partial charge is 0.465 e. The Kier molecular flexibility index (Phi) is 4.68. The van der Waals surface area contributed by atoms with E-state index in [9.17, 15) is 4.79 Å². The van der Waals surface area contributed by atoms with Gasteiger partial charge in [0.2, 0.25) is 5.16 Å². The minimum absolute atomic E-state index is 0.257. The maximum atomic E-state index is 11.9. The molecule has 0 amide bonds. The first-order valence-electron chi connectivity index (χ1n) is 7.27. The topological polar surface area (TPSA) is 80.8 Å². The molecule has 1 atom stereocenters. The number of halogens is 1. The number of aromatic nitrogens is 4. The fourth-order valence-electron chi connectivity index (χ4n) is 2.24. The lowest BCUT2D eigenvalue weighted by atomic mass is 10.2. The van der Waals surface area contributed by atoms with Gasteiger partial charge in [0.25, 0.3) is 0 Å². The first kappa shape index (κ1) is 16.0. The van der Waals surface area contributed by atoms with Gasteiger partial charge in [0.1, 0.15) is 10.8 Å². The molecule has 2 heterocycles. The van der Waals surface area contributed by atoms with Crippen LogP contribution >= 0.6 is 23.4 Å². The molecule has 0 unspecified atom stereocenters. The van der Waals surface area contributed by atoms with E-state index in [-0.39, 0.29) is 11.2 Å². The minimum atomic E-state index is -0.340. The Balaban J connectivity index is 1.93. The molecule has 0 aliphatic heterocycles. The highest BCUT2D eigenvalue weighted by Crippen LogP contribution is 2.28. The van der Waals surface area contributed by atoms with Gasteiger partial charge in [0.15, 0.2) is 5.65 Å². The van der Waals surface area contributed by atoms with E-state index >= 15 is 0 Å². The third-order valence-electron chi connectivity index (χ3n) is 3.33. The predicted octanol–water partition coefficient (Wildman–Crippen LogP) is 3.59. The van der Waals surface area contributed by atoms with Gasteiger partial charge in [-0.05, 0) is 31.5 Å². The van der Waals surface area contributed by atoms with Gasteiger partial charge in [-0.15, -0.1) is 10.2 Å². The lowest BCUT2D eigenvalue weighted by Gasteiger charge is -2.11. The summed E-state index contributed by atoms with van der Waals surface area (Å²) in [6.45, 7) is 4.07. The SMILES string of the molecule is CCOC(=O)[C@H](CC)Sc1nnc2c(n1)[nH]c1ccc(Cl)cc12. The standard InChI is InChI=1S/C15H15ClN4O2S/c1-3-11(14(21)22-4-2)23-15-18-13-12(19-20-15)9-7-8(16)5-6-10(9)17-13/h5-7,11H,3-4H2,1-2H3,(H,17,18,20)/t11-/m0/s1. The molecule has 2 aromatic heterocycles. The van der Waals surface area contributed by atoms with E-state index in [2.05, 4.69) is 20.2 Å². The second-order valence-electron chi connectivity index (χ2n) is 4.87. The maximum absolute atomic E-state index is 11.9. The Hall–Kier alpha value is -1.86. The van der Waals surface area contributed by atoms with Gasteiger partial charge in [0.05, 0.1) is 6.61 Å². The fraction of sp³-hybridized carbons (Fsp3) is 0.333. The molecule has 1 aromatic carbocycles. The summed E-state index contributed by atoms with van der Waals surface area (Å²) >= 11 is 7.28. The average molecular weight is 351 g/mol. The quantitative estimate of drug-likeness (QED) is 0.559. The summed E-state index contributed by atoms with van der Waals surface area (Å²) < 4.78 is 5.06. The second kappa shape index (κ2) is 6.72. The summed E-state index contributed by atoms with van der Waals surface area (Å²) in [6.07, 6.45) is 0.632. The van der Waals surface area contributed by atoms with E-state index in [0.29, 0.717) is 34.4 Å². The zero-order valence-electron chi connectivity index (χ0n) is 12.7. The van der Waals surface area contributed by atoms with Gasteiger partial charge in [-0.2, -0.15) is 0 Å². The molecule has 0 aliphatic rings. The molecule has 0 fully saturated rings. The van der Waals surface area contributed by atoms with E-state index in [1.54, 1.807) is 13.0 Å². The first-order valence-corrected chi connectivity index (χ1v) is 8.53. The number of esters is 1. The number of ether oxygens (including phenoxy) is 1. The fourth-order valence-corrected chi connectivity index (χ4v) is 3.23. The maximum Gasteiger partial charge on any atom is 0.319 e. The Morgan fingerprint density at radius 1 is 1.39 bits per heavy atom. The van der Waals surface area contributed by atoms with Gasteiger partial charge >= 0.3 is 5.97 Å². The molecule has 0 aliphatic carbocycles. The summed E-state index contributed by atoms with van der Waals surface area (Å²) in [4.78, 5) is 19.5. The normalized spacial score (nSPS) is 12.7. The number of thioether (sulfide) groups is 1. The minimum Gasteiger partial charge on any atom is -0.465 e. The molecule has 120 valence electrons. The number of carbonyl (C=O) groups excluding carboxylic acids is 1. The van der Waals surface area contributed by atoms with Crippen LogP contribution in [0, 0.1) is 0 Å². The zero-order valence-corrected chi connectivity index (χ0v) is 14.2. The van der Waals surface area contributed by atoms with Crippen molar-refractivity contribution in [3.8, 4) is 0 Å². The van der Waals surface area contributed by atoms with Crippen LogP contribution in [0.2, 0.25) is 5.02 Å². The van der Waals surface area contributed by atoms with Crippen molar-refractivity contribution in [3.63, 3.8) is 0 Å². The van der Waals surface area contributed by atoms with E-state index in [1.807, 2.05) is 19.1 Å². The predicted molar refractivity (Wildman–Crippen MR) is 90.8 cm³/mol. The molecule has 23 heavy (non-hydrogen) atoms. The number of H-pyrrole nitrogens is 1. The Bertz CT molecular complexity index is 867. The highest BCUT2D eigenvalue weighted by Gasteiger charge is 2.21. The molecular formula is C15H15ClN4O2S. The van der Waals surface area contributed by atoms with E-state index in [4.69, 9.17) is 16.3 Å². The van der Waals surface area contributed by atoms with Crippen LogP contribution in [0.4, 0.5) is 0 Å². The lowest BCUT2D eigenvalue weighted by molar-refractivity contribution is -0.142. The summed E-state index contributed by atoms with van der Waals surface area (Å²) in [5, 5.41) is 9.96. The number of aromatic amines is 1. The van der Waals surface area contributed by atoms with Crippen molar-refractivity contribution in [1.82, 2.24) is 20.2 Å². The van der Waals surface area contributed by atoms with Gasteiger partial charge in [0, 0.05) is 15.9 Å². The average Bonchev–Trinajstić information content (AvgIpc) is 2.89. The number of rotatable bonds is 5. The van der Waals surface area contributed by atoms with Crippen LogP contribution in [0.5, 0.6) is 0 Å². The van der Waals surface area contributed by atoms with Crippen LogP contribution < -0.4 is 0 Å². The summed E-state index contributed by atoms with van der Waals surface area (Å²) in [6, 6.07) is 5.50. The number of carbonyl (C=O) groups is 1. The molecule has 0 saturated carbocycles. The van der Waals surface area contributed by atoms with Gasteiger partial charge in [-0.3, -0.25) is 4.79 Å². The molecular weight excluding hydrogens is 336 g/mol. The lowest BCUT2D eigenvalue weighted by Crippen LogP contribution is -2.19. The molecule has 6 nitrogen and oxygen atoms in total. The van der Waals surface area contributed by atoms with Gasteiger partial charge in [-0.1, -0.05) is 30.3 Å². The number of fused-ring (bicyclic) bond motifs is 3. The molecule has 3 aromatic rings.